The van der Waals surface area contributed by atoms with Crippen LogP contribution in [0.4, 0.5) is 0 Å². The Kier molecular flexibility index (Phi) is 5.95. The third-order valence-corrected chi connectivity index (χ3v) is 10.3. The summed E-state index contributed by atoms with van der Waals surface area (Å²) in [6.07, 6.45) is 17.1. The number of rotatable bonds is 5. The predicted octanol–water partition coefficient (Wildman–Crippen LogP) is 7.86. The molecule has 0 saturated heterocycles. The lowest BCUT2D eigenvalue weighted by atomic mass is 9.46. The molecule has 4 aliphatic carbocycles. The Morgan fingerprint density at radius 1 is 1.00 bits per heavy atom. The van der Waals surface area contributed by atoms with E-state index in [9.17, 15) is 5.21 Å². The third kappa shape index (κ3) is 3.61. The van der Waals surface area contributed by atoms with Gasteiger partial charge < -0.3 is 5.21 Å². The molecule has 0 spiro atoms. The summed E-state index contributed by atoms with van der Waals surface area (Å²) >= 11 is 0. The molecule has 0 amide bonds. The minimum atomic E-state index is 0.361. The fraction of sp³-hybridized carbons (Fsp3) is 0.889. The molecular weight excluding hydrogens is 354 g/mol. The van der Waals surface area contributed by atoms with Crippen LogP contribution in [0.5, 0.6) is 0 Å². The van der Waals surface area contributed by atoms with Crippen LogP contribution in [0.1, 0.15) is 105 Å². The molecule has 0 aromatic heterocycles. The number of oxime groups is 1. The lowest BCUT2D eigenvalue weighted by molar-refractivity contribution is -0.0574. The molecule has 0 aromatic rings. The molecule has 2 nitrogen and oxygen atoms in total. The van der Waals surface area contributed by atoms with Gasteiger partial charge in [-0.1, -0.05) is 64.6 Å². The maximum absolute atomic E-state index is 9.27. The first-order valence-corrected chi connectivity index (χ1v) is 12.7. The minimum absolute atomic E-state index is 0.361. The van der Waals surface area contributed by atoms with Crippen LogP contribution in [0.3, 0.4) is 0 Å². The van der Waals surface area contributed by atoms with E-state index < -0.39 is 0 Å². The fourth-order valence-electron chi connectivity index (χ4n) is 8.67. The molecule has 4 rings (SSSR count). The molecule has 0 heterocycles. The Labute approximate surface area is 179 Å². The van der Waals surface area contributed by atoms with Gasteiger partial charge >= 0.3 is 0 Å². The third-order valence-electron chi connectivity index (χ3n) is 10.3. The summed E-state index contributed by atoms with van der Waals surface area (Å²) in [6, 6.07) is 0. The van der Waals surface area contributed by atoms with E-state index in [1.165, 1.54) is 64.2 Å². The molecule has 0 aromatic carbocycles. The van der Waals surface area contributed by atoms with E-state index in [0.29, 0.717) is 10.8 Å². The Bertz CT molecular complexity index is 663. The summed E-state index contributed by atoms with van der Waals surface area (Å²) in [7, 11) is 0. The number of hydrogen-bond donors (Lipinski definition) is 1. The van der Waals surface area contributed by atoms with E-state index in [4.69, 9.17) is 0 Å². The van der Waals surface area contributed by atoms with E-state index in [-0.39, 0.29) is 0 Å². The lowest BCUT2D eigenvalue weighted by Crippen LogP contribution is -2.51. The van der Waals surface area contributed by atoms with Crippen molar-refractivity contribution < 1.29 is 5.21 Å². The van der Waals surface area contributed by atoms with Crippen molar-refractivity contribution >= 4 is 5.71 Å². The van der Waals surface area contributed by atoms with Gasteiger partial charge in [-0.3, -0.25) is 0 Å². The molecule has 2 heteroatoms. The second-order valence-corrected chi connectivity index (χ2v) is 12.1. The number of hydrogen-bond acceptors (Lipinski definition) is 2. The van der Waals surface area contributed by atoms with E-state index in [2.05, 4.69) is 45.9 Å². The summed E-state index contributed by atoms with van der Waals surface area (Å²) in [5.41, 5.74) is 3.45. The van der Waals surface area contributed by atoms with Gasteiger partial charge in [-0.15, -0.1) is 0 Å². The van der Waals surface area contributed by atoms with Gasteiger partial charge in [0.1, 0.15) is 0 Å². The SMILES string of the molecule is CC(C)CCCC(C)[C@H]1CC[C@H]2[C@@H]3CCC4=CC(=NO)CC[C@]4(C)[C@H]3CC[C@]12C. The highest BCUT2D eigenvalue weighted by Crippen LogP contribution is 2.67. The molecule has 164 valence electrons. The minimum Gasteiger partial charge on any atom is -0.411 e. The Morgan fingerprint density at radius 2 is 1.79 bits per heavy atom. The maximum Gasteiger partial charge on any atom is 0.0795 e. The average Bonchev–Trinajstić information content (AvgIpc) is 3.04. The van der Waals surface area contributed by atoms with Crippen LogP contribution in [0.2, 0.25) is 0 Å². The highest BCUT2D eigenvalue weighted by atomic mass is 16.4. The second kappa shape index (κ2) is 8.04. The molecule has 0 aliphatic heterocycles. The van der Waals surface area contributed by atoms with E-state index in [1.807, 2.05) is 0 Å². The molecule has 3 saturated carbocycles. The largest absolute Gasteiger partial charge is 0.411 e. The molecule has 4 aliphatic rings. The molecular formula is C27H45NO. The molecule has 1 N–H and O–H groups in total. The summed E-state index contributed by atoms with van der Waals surface area (Å²) in [6.45, 7) is 12.5. The molecule has 0 bridgehead atoms. The maximum atomic E-state index is 9.27. The van der Waals surface area contributed by atoms with Crippen LogP contribution in [-0.2, 0) is 0 Å². The van der Waals surface area contributed by atoms with Gasteiger partial charge in [0.15, 0.2) is 0 Å². The van der Waals surface area contributed by atoms with Gasteiger partial charge in [0.05, 0.1) is 5.71 Å². The fourth-order valence-corrected chi connectivity index (χ4v) is 8.67. The van der Waals surface area contributed by atoms with Crippen LogP contribution in [0, 0.1) is 46.3 Å². The monoisotopic (exact) mass is 399 g/mol. The van der Waals surface area contributed by atoms with Gasteiger partial charge in [0.2, 0.25) is 0 Å². The highest BCUT2D eigenvalue weighted by Gasteiger charge is 2.59. The zero-order valence-corrected chi connectivity index (χ0v) is 19.7. The predicted molar refractivity (Wildman–Crippen MR) is 122 cm³/mol. The van der Waals surface area contributed by atoms with Crippen LogP contribution < -0.4 is 0 Å². The van der Waals surface area contributed by atoms with Gasteiger partial charge in [-0.25, -0.2) is 0 Å². The lowest BCUT2D eigenvalue weighted by Gasteiger charge is -2.58. The van der Waals surface area contributed by atoms with Crippen molar-refractivity contribution in [1.82, 2.24) is 0 Å². The zero-order chi connectivity index (χ0) is 20.8. The van der Waals surface area contributed by atoms with E-state index >= 15 is 0 Å². The van der Waals surface area contributed by atoms with Crippen molar-refractivity contribution in [1.29, 1.82) is 0 Å². The van der Waals surface area contributed by atoms with Crippen molar-refractivity contribution in [3.63, 3.8) is 0 Å². The normalized spacial score (nSPS) is 44.2. The molecule has 7 atom stereocenters. The van der Waals surface area contributed by atoms with Gasteiger partial charge in [-0.2, -0.15) is 0 Å². The van der Waals surface area contributed by atoms with Crippen LogP contribution in [0.15, 0.2) is 16.8 Å². The highest BCUT2D eigenvalue weighted by molar-refractivity contribution is 5.96. The first-order valence-electron chi connectivity index (χ1n) is 12.7. The van der Waals surface area contributed by atoms with E-state index in [0.717, 1.165) is 47.6 Å². The van der Waals surface area contributed by atoms with Gasteiger partial charge in [-0.05, 0) is 104 Å². The number of fused-ring (bicyclic) bond motifs is 5. The summed E-state index contributed by atoms with van der Waals surface area (Å²) < 4.78 is 0. The van der Waals surface area contributed by atoms with Gasteiger partial charge in [0.25, 0.3) is 0 Å². The number of nitrogens with zero attached hydrogens (tertiary/aromatic N) is 1. The first kappa shape index (κ1) is 21.4. The standard InChI is InChI=1S/C27H45NO/c1-18(2)7-6-8-19(3)23-11-12-24-22-10-9-20-17-21(28-29)13-15-26(20,4)25(22)14-16-27(23,24)5/h17-19,22-25,29H,6-16H2,1-5H3/t19?,22-,23+,24-,25-,26-,27+/m0/s1. The van der Waals surface area contributed by atoms with E-state index in [1.54, 1.807) is 5.57 Å². The molecule has 0 radical (unpaired) electrons. The second-order valence-electron chi connectivity index (χ2n) is 12.1. The average molecular weight is 400 g/mol. The van der Waals surface area contributed by atoms with Gasteiger partial charge in [0, 0.05) is 0 Å². The van der Waals surface area contributed by atoms with Crippen molar-refractivity contribution in [3.05, 3.63) is 11.6 Å². The summed E-state index contributed by atoms with van der Waals surface area (Å²) in [5, 5.41) is 12.8. The Hall–Kier alpha value is -0.790. The van der Waals surface area contributed by atoms with Crippen LogP contribution >= 0.6 is 0 Å². The summed E-state index contributed by atoms with van der Waals surface area (Å²) in [4.78, 5) is 0. The topological polar surface area (TPSA) is 32.6 Å². The molecule has 1 unspecified atom stereocenters. The summed E-state index contributed by atoms with van der Waals surface area (Å²) in [5.74, 6) is 5.43. The van der Waals surface area contributed by atoms with Crippen molar-refractivity contribution in [2.75, 3.05) is 0 Å². The van der Waals surface area contributed by atoms with Crippen LogP contribution in [-0.4, -0.2) is 10.9 Å². The Morgan fingerprint density at radius 3 is 2.52 bits per heavy atom. The Balaban J connectivity index is 1.49. The van der Waals surface area contributed by atoms with Crippen molar-refractivity contribution in [2.24, 2.45) is 51.5 Å². The molecule has 29 heavy (non-hydrogen) atoms. The number of allylic oxidation sites excluding steroid dienone is 2. The van der Waals surface area contributed by atoms with Crippen LogP contribution in [0.25, 0.3) is 0 Å². The van der Waals surface area contributed by atoms with Crippen molar-refractivity contribution in [3.8, 4) is 0 Å². The molecule has 3 fully saturated rings. The zero-order valence-electron chi connectivity index (χ0n) is 19.7. The smallest absolute Gasteiger partial charge is 0.0795 e. The first-order chi connectivity index (χ1) is 13.8. The quantitative estimate of drug-likeness (QED) is 0.370. The van der Waals surface area contributed by atoms with Crippen molar-refractivity contribution in [2.45, 2.75) is 105 Å².